The Morgan fingerprint density at radius 3 is 1.70 bits per heavy atom. The van der Waals surface area contributed by atoms with Gasteiger partial charge >= 0.3 is 6.92 Å². The highest BCUT2D eigenvalue weighted by Gasteiger charge is 2.42. The first-order valence-corrected chi connectivity index (χ1v) is 20.6. The van der Waals surface area contributed by atoms with Crippen molar-refractivity contribution in [2.75, 3.05) is 0 Å². The van der Waals surface area contributed by atoms with Crippen LogP contribution in [-0.4, -0.2) is 20.5 Å². The number of fused-ring (bicyclic) bond motifs is 17. The molecule has 0 spiro atoms. The first-order valence-electron chi connectivity index (χ1n) is 20.6. The predicted molar refractivity (Wildman–Crippen MR) is 247 cm³/mol. The lowest BCUT2D eigenvalue weighted by atomic mass is 9.50. The number of nitrogens with zero attached hydrogens (tertiary/aromatic N) is 3. The van der Waals surface area contributed by atoms with E-state index in [4.69, 9.17) is 9.39 Å². The van der Waals surface area contributed by atoms with E-state index in [1.165, 1.54) is 65.2 Å². The quantitative estimate of drug-likeness (QED) is 0.164. The Morgan fingerprint density at radius 1 is 0.400 bits per heavy atom. The van der Waals surface area contributed by atoms with Crippen molar-refractivity contribution < 1.29 is 9.39 Å². The number of rotatable bonds is 2. The lowest BCUT2D eigenvalue weighted by Crippen LogP contribution is -2.53. The summed E-state index contributed by atoms with van der Waals surface area (Å²) in [6, 6.07) is 65.9. The molecule has 5 nitrogen and oxygen atoms in total. The van der Waals surface area contributed by atoms with Gasteiger partial charge in [-0.25, -0.2) is 0 Å². The molecule has 0 amide bonds. The molecular formula is C54H30BN3O2. The van der Waals surface area contributed by atoms with Crippen molar-refractivity contribution in [2.24, 2.45) is 0 Å². The highest BCUT2D eigenvalue weighted by atomic mass is 16.5. The average molecular weight is 764 g/mol. The van der Waals surface area contributed by atoms with Gasteiger partial charge in [-0.1, -0.05) is 121 Å². The van der Waals surface area contributed by atoms with E-state index in [9.17, 15) is 0 Å². The fourth-order valence-corrected chi connectivity index (χ4v) is 11.1. The SMILES string of the molecule is c1ccc2c(c1)OB1c3cccc(-n4c5ccccc5c5ccccc54)c3Oc3cc(-n4c5ccccc5c5cc6c7ccccc7n7c8ccccc8c(c54)c67)cc-2c31. The lowest BCUT2D eigenvalue weighted by Gasteiger charge is -2.34. The number of ether oxygens (including phenoxy) is 1. The molecule has 60 heavy (non-hydrogen) atoms. The first kappa shape index (κ1) is 31.1. The summed E-state index contributed by atoms with van der Waals surface area (Å²) in [7, 11) is 0. The minimum atomic E-state index is -0.353. The van der Waals surface area contributed by atoms with Crippen LogP contribution in [0.2, 0.25) is 0 Å². The molecule has 0 unspecified atom stereocenters. The summed E-state index contributed by atoms with van der Waals surface area (Å²) in [6.45, 7) is -0.353. The molecule has 0 atom stereocenters. The Kier molecular flexibility index (Phi) is 5.67. The van der Waals surface area contributed by atoms with E-state index >= 15 is 0 Å². The zero-order valence-electron chi connectivity index (χ0n) is 32.1. The molecule has 0 saturated heterocycles. The van der Waals surface area contributed by atoms with Gasteiger partial charge in [-0.3, -0.25) is 0 Å². The van der Waals surface area contributed by atoms with Gasteiger partial charge in [0.05, 0.1) is 50.0 Å². The Labute approximate surface area is 342 Å². The minimum Gasteiger partial charge on any atom is -0.551 e. The van der Waals surface area contributed by atoms with Crippen LogP contribution in [0.1, 0.15) is 0 Å². The second kappa shape index (κ2) is 11.0. The Morgan fingerprint density at radius 2 is 0.967 bits per heavy atom. The molecule has 2 aliphatic rings. The number of hydrogen-bond acceptors (Lipinski definition) is 2. The molecule has 0 aliphatic carbocycles. The summed E-state index contributed by atoms with van der Waals surface area (Å²) in [6.07, 6.45) is 0. The first-order chi connectivity index (χ1) is 29.8. The molecule has 9 aromatic carbocycles. The zero-order chi connectivity index (χ0) is 38.8. The van der Waals surface area contributed by atoms with Crippen molar-refractivity contribution in [3.8, 4) is 39.8 Å². The number of para-hydroxylation sites is 7. The van der Waals surface area contributed by atoms with Crippen LogP contribution < -0.4 is 20.3 Å². The number of benzene rings is 9. The van der Waals surface area contributed by atoms with Gasteiger partial charge in [-0.2, -0.15) is 0 Å². The topological polar surface area (TPSA) is 32.7 Å². The van der Waals surface area contributed by atoms with Crippen LogP contribution in [0.15, 0.2) is 182 Å². The molecule has 276 valence electrons. The summed E-state index contributed by atoms with van der Waals surface area (Å²) >= 11 is 0. The normalized spacial score (nSPS) is 13.2. The maximum absolute atomic E-state index is 7.37. The predicted octanol–water partition coefficient (Wildman–Crippen LogP) is 12.3. The van der Waals surface area contributed by atoms with Crippen LogP contribution >= 0.6 is 0 Å². The maximum atomic E-state index is 7.37. The van der Waals surface area contributed by atoms with Crippen molar-refractivity contribution in [3.63, 3.8) is 0 Å². The highest BCUT2D eigenvalue weighted by molar-refractivity contribution is 6.84. The number of hydrogen-bond donors (Lipinski definition) is 0. The van der Waals surface area contributed by atoms with E-state index in [1.807, 2.05) is 0 Å². The van der Waals surface area contributed by atoms with Gasteiger partial charge in [-0.05, 0) is 60.2 Å². The Hall–Kier alpha value is -7.96. The molecule has 0 N–H and O–H groups in total. The van der Waals surface area contributed by atoms with Gasteiger partial charge in [0.15, 0.2) is 0 Å². The second-order valence-electron chi connectivity index (χ2n) is 16.3. The van der Waals surface area contributed by atoms with Crippen LogP contribution in [0.4, 0.5) is 0 Å². The van der Waals surface area contributed by atoms with Gasteiger partial charge < -0.3 is 22.9 Å². The van der Waals surface area contributed by atoms with Crippen LogP contribution in [0.25, 0.3) is 104 Å². The lowest BCUT2D eigenvalue weighted by molar-refractivity contribution is 0.477. The summed E-state index contributed by atoms with van der Waals surface area (Å²) in [5.41, 5.74) is 14.6. The van der Waals surface area contributed by atoms with E-state index in [0.717, 1.165) is 67.2 Å². The molecule has 0 radical (unpaired) electrons. The third-order valence-electron chi connectivity index (χ3n) is 13.4. The molecule has 0 fully saturated rings. The molecule has 0 saturated carbocycles. The molecule has 13 aromatic rings. The minimum absolute atomic E-state index is 0.353. The van der Waals surface area contributed by atoms with E-state index in [2.05, 4.69) is 196 Å². The fourth-order valence-electron chi connectivity index (χ4n) is 11.1. The van der Waals surface area contributed by atoms with Gasteiger partial charge in [0.1, 0.15) is 17.2 Å². The van der Waals surface area contributed by atoms with Gasteiger partial charge in [0.25, 0.3) is 0 Å². The largest absolute Gasteiger partial charge is 0.551 e. The Balaban J connectivity index is 1.06. The van der Waals surface area contributed by atoms with Crippen molar-refractivity contribution in [1.29, 1.82) is 0 Å². The molecule has 4 aromatic heterocycles. The smallest absolute Gasteiger partial charge is 0.434 e. The molecule has 0 bridgehead atoms. The average Bonchev–Trinajstić information content (AvgIpc) is 4.03. The summed E-state index contributed by atoms with van der Waals surface area (Å²) in [4.78, 5) is 0. The maximum Gasteiger partial charge on any atom is 0.434 e. The van der Waals surface area contributed by atoms with E-state index < -0.39 is 0 Å². The number of aromatic nitrogens is 3. The van der Waals surface area contributed by atoms with Crippen LogP contribution in [-0.2, 0) is 0 Å². The molecule has 6 heterocycles. The van der Waals surface area contributed by atoms with Gasteiger partial charge in [0.2, 0.25) is 0 Å². The van der Waals surface area contributed by atoms with Crippen LogP contribution in [0.5, 0.6) is 17.2 Å². The third-order valence-corrected chi connectivity index (χ3v) is 13.4. The van der Waals surface area contributed by atoms with Crippen molar-refractivity contribution in [1.82, 2.24) is 13.5 Å². The highest BCUT2D eigenvalue weighted by Crippen LogP contribution is 2.48. The Bertz CT molecular complexity index is 3990. The zero-order valence-corrected chi connectivity index (χ0v) is 32.1. The van der Waals surface area contributed by atoms with E-state index in [0.29, 0.717) is 0 Å². The molecular weight excluding hydrogens is 733 g/mol. The summed E-state index contributed by atoms with van der Waals surface area (Å²) in [5.74, 6) is 2.49. The van der Waals surface area contributed by atoms with Crippen LogP contribution in [0, 0.1) is 0 Å². The summed E-state index contributed by atoms with van der Waals surface area (Å²) < 4.78 is 21.7. The van der Waals surface area contributed by atoms with Crippen LogP contribution in [0.3, 0.4) is 0 Å². The second-order valence-corrected chi connectivity index (χ2v) is 16.3. The van der Waals surface area contributed by atoms with E-state index in [1.54, 1.807) is 0 Å². The summed E-state index contributed by atoms with van der Waals surface area (Å²) in [5, 5.41) is 9.94. The standard InChI is InChI=1S/C54H30BN3O2/c1-8-22-43-32(14-1)33-15-2-9-23-44(33)57(43)47-26-13-20-41-54(47)59-49-29-31(28-38-36-18-6-12-27-48(36)60-55(41)51(38)49)56-42-21-7-3-16-34(42)39-30-40-35-17-4-10-24-45(35)58-46-25-11-5-19-37(46)50(52(39)56)53(40)58/h1-30H. The van der Waals surface area contributed by atoms with Gasteiger partial charge in [0, 0.05) is 65.6 Å². The molecule has 6 heteroatoms. The van der Waals surface area contributed by atoms with Crippen molar-refractivity contribution in [3.05, 3.63) is 182 Å². The van der Waals surface area contributed by atoms with Gasteiger partial charge in [-0.15, -0.1) is 0 Å². The fraction of sp³-hybridized carbons (Fsp3) is 0. The van der Waals surface area contributed by atoms with E-state index in [-0.39, 0.29) is 6.92 Å². The molecule has 2 aliphatic heterocycles. The monoisotopic (exact) mass is 763 g/mol. The van der Waals surface area contributed by atoms with Crippen molar-refractivity contribution >= 4 is 99.5 Å². The van der Waals surface area contributed by atoms with Crippen molar-refractivity contribution in [2.45, 2.75) is 0 Å². The molecule has 15 rings (SSSR count). The third kappa shape index (κ3) is 3.71.